The minimum atomic E-state index is -1.17. The Morgan fingerprint density at radius 1 is 1.00 bits per heavy atom. The molecule has 2 aromatic carbocycles. The summed E-state index contributed by atoms with van der Waals surface area (Å²) in [6.07, 6.45) is -1.17. The molecule has 0 fully saturated rings. The van der Waals surface area contributed by atoms with Crippen LogP contribution in [0, 0.1) is 0 Å². The molecule has 0 radical (unpaired) electrons. The van der Waals surface area contributed by atoms with E-state index >= 15 is 0 Å². The molecule has 0 bridgehead atoms. The number of carbonyl (C=O) groups is 2. The second kappa shape index (κ2) is 7.38. The number of carbonyl (C=O) groups excluding carboxylic acids is 1. The van der Waals surface area contributed by atoms with Crippen LogP contribution in [0.4, 0.5) is 0 Å². The first kappa shape index (κ1) is 15.7. The summed E-state index contributed by atoms with van der Waals surface area (Å²) in [4.78, 5) is 23.7. The number of amides is 1. The van der Waals surface area contributed by atoms with Gasteiger partial charge in [-0.05, 0) is 17.7 Å². The van der Waals surface area contributed by atoms with E-state index in [9.17, 15) is 14.7 Å². The van der Waals surface area contributed by atoms with Crippen molar-refractivity contribution in [2.24, 2.45) is 0 Å². The number of rotatable bonds is 6. The van der Waals surface area contributed by atoms with Crippen molar-refractivity contribution in [3.05, 3.63) is 71.8 Å². The maximum absolute atomic E-state index is 12.3. The van der Waals surface area contributed by atoms with Gasteiger partial charge >= 0.3 is 5.97 Å². The first-order valence-corrected chi connectivity index (χ1v) is 6.80. The number of hydrogen-bond acceptors (Lipinski definition) is 3. The quantitative estimate of drug-likeness (QED) is 0.858. The summed E-state index contributed by atoms with van der Waals surface area (Å²) in [5.41, 5.74) is 1.13. The third-order valence-electron chi connectivity index (χ3n) is 3.28. The van der Waals surface area contributed by atoms with Gasteiger partial charge in [-0.25, -0.2) is 4.79 Å². The Morgan fingerprint density at radius 3 is 2.05 bits per heavy atom. The Labute approximate surface area is 128 Å². The Morgan fingerprint density at radius 2 is 1.55 bits per heavy atom. The third kappa shape index (κ3) is 3.71. The molecular weight excluding hydrogens is 282 g/mol. The van der Waals surface area contributed by atoms with Crippen LogP contribution in [-0.2, 0) is 9.53 Å². The van der Waals surface area contributed by atoms with Crippen molar-refractivity contribution >= 4 is 11.9 Å². The van der Waals surface area contributed by atoms with Gasteiger partial charge in [0.25, 0.3) is 5.91 Å². The fourth-order valence-corrected chi connectivity index (χ4v) is 2.19. The van der Waals surface area contributed by atoms with E-state index in [4.69, 9.17) is 4.74 Å². The number of carboxylic acid groups (broad SMARTS) is 1. The average molecular weight is 299 g/mol. The Bertz CT molecular complexity index is 628. The van der Waals surface area contributed by atoms with Gasteiger partial charge in [0.2, 0.25) is 0 Å². The van der Waals surface area contributed by atoms with E-state index in [1.165, 1.54) is 7.11 Å². The van der Waals surface area contributed by atoms with Gasteiger partial charge in [0.1, 0.15) is 0 Å². The molecule has 2 atom stereocenters. The van der Waals surface area contributed by atoms with Crippen molar-refractivity contribution in [1.82, 2.24) is 5.32 Å². The smallest absolute Gasteiger partial charge is 0.335 e. The highest BCUT2D eigenvalue weighted by Gasteiger charge is 2.31. The molecule has 2 rings (SSSR count). The lowest BCUT2D eigenvalue weighted by molar-refractivity contribution is -0.150. The monoisotopic (exact) mass is 299 g/mol. The topological polar surface area (TPSA) is 75.6 Å². The summed E-state index contributed by atoms with van der Waals surface area (Å²) in [7, 11) is 1.31. The van der Waals surface area contributed by atoms with Gasteiger partial charge in [-0.1, -0.05) is 48.5 Å². The van der Waals surface area contributed by atoms with Crippen LogP contribution in [0.25, 0.3) is 0 Å². The highest BCUT2D eigenvalue weighted by Crippen LogP contribution is 2.20. The summed E-state index contributed by atoms with van der Waals surface area (Å²) < 4.78 is 5.05. The van der Waals surface area contributed by atoms with Crippen LogP contribution in [0.15, 0.2) is 60.7 Å². The number of methoxy groups -OCH3 is 1. The molecule has 5 nitrogen and oxygen atoms in total. The van der Waals surface area contributed by atoms with Gasteiger partial charge in [0, 0.05) is 12.7 Å². The minimum absolute atomic E-state index is 0.349. The van der Waals surface area contributed by atoms with Crippen LogP contribution in [0.5, 0.6) is 0 Å². The number of hydrogen-bond donors (Lipinski definition) is 2. The molecule has 0 aliphatic rings. The first-order valence-electron chi connectivity index (χ1n) is 6.80. The van der Waals surface area contributed by atoms with Gasteiger partial charge in [-0.15, -0.1) is 0 Å². The second-order valence-electron chi connectivity index (χ2n) is 4.72. The zero-order valence-electron chi connectivity index (χ0n) is 12.1. The van der Waals surface area contributed by atoms with Crippen LogP contribution < -0.4 is 5.32 Å². The van der Waals surface area contributed by atoms with Crippen LogP contribution in [-0.4, -0.2) is 30.2 Å². The number of nitrogens with one attached hydrogen (secondary N) is 1. The van der Waals surface area contributed by atoms with Crippen LogP contribution >= 0.6 is 0 Å². The van der Waals surface area contributed by atoms with Gasteiger partial charge < -0.3 is 15.2 Å². The molecule has 0 aromatic heterocycles. The summed E-state index contributed by atoms with van der Waals surface area (Å²) in [6, 6.07) is 16.8. The van der Waals surface area contributed by atoms with Gasteiger partial charge in [0.15, 0.2) is 6.10 Å². The molecule has 0 saturated carbocycles. The van der Waals surface area contributed by atoms with E-state index in [2.05, 4.69) is 5.32 Å². The Kier molecular flexibility index (Phi) is 5.27. The molecule has 2 N–H and O–H groups in total. The Balaban J connectivity index is 2.29. The average Bonchev–Trinajstić information content (AvgIpc) is 2.55. The zero-order chi connectivity index (χ0) is 15.9. The molecule has 1 amide bonds. The van der Waals surface area contributed by atoms with Crippen molar-refractivity contribution in [2.45, 2.75) is 12.1 Å². The van der Waals surface area contributed by atoms with E-state index in [0.29, 0.717) is 11.1 Å². The minimum Gasteiger partial charge on any atom is -0.479 e. The number of aliphatic carboxylic acids is 1. The van der Waals surface area contributed by atoms with Crippen molar-refractivity contribution in [3.8, 4) is 0 Å². The summed E-state index contributed by atoms with van der Waals surface area (Å²) in [5, 5.41) is 12.0. The van der Waals surface area contributed by atoms with Crippen LogP contribution in [0.3, 0.4) is 0 Å². The standard InChI is InChI=1S/C17H17NO4/c1-22-15(17(20)21)14(12-8-4-2-5-9-12)18-16(19)13-10-6-3-7-11-13/h2-11,14-15H,1H3,(H,18,19)(H,20,21)/t14-,15?/m0/s1. The fraction of sp³-hybridized carbons (Fsp3) is 0.176. The van der Waals surface area contributed by atoms with E-state index in [0.717, 1.165) is 0 Å². The highest BCUT2D eigenvalue weighted by molar-refractivity contribution is 5.94. The van der Waals surface area contributed by atoms with Crippen LogP contribution in [0.1, 0.15) is 22.0 Å². The molecule has 2 aromatic rings. The largest absolute Gasteiger partial charge is 0.479 e. The van der Waals surface area contributed by atoms with Crippen molar-refractivity contribution < 1.29 is 19.4 Å². The van der Waals surface area contributed by atoms with E-state index in [1.807, 2.05) is 6.07 Å². The molecule has 5 heteroatoms. The van der Waals surface area contributed by atoms with Gasteiger partial charge in [-0.2, -0.15) is 0 Å². The van der Waals surface area contributed by atoms with E-state index < -0.39 is 18.1 Å². The van der Waals surface area contributed by atoms with Gasteiger partial charge in [-0.3, -0.25) is 4.79 Å². The molecule has 0 saturated heterocycles. The summed E-state index contributed by atoms with van der Waals surface area (Å²) in [5.74, 6) is -1.48. The van der Waals surface area contributed by atoms with Crippen molar-refractivity contribution in [2.75, 3.05) is 7.11 Å². The first-order chi connectivity index (χ1) is 10.6. The zero-order valence-corrected chi connectivity index (χ0v) is 12.1. The molecule has 0 heterocycles. The maximum Gasteiger partial charge on any atom is 0.335 e. The summed E-state index contributed by atoms with van der Waals surface area (Å²) >= 11 is 0. The molecule has 22 heavy (non-hydrogen) atoms. The molecule has 0 aliphatic heterocycles. The third-order valence-corrected chi connectivity index (χ3v) is 3.28. The van der Waals surface area contributed by atoms with Gasteiger partial charge in [0.05, 0.1) is 6.04 Å². The summed E-state index contributed by atoms with van der Waals surface area (Å²) in [6.45, 7) is 0. The lowest BCUT2D eigenvalue weighted by atomic mass is 10.0. The number of benzene rings is 2. The predicted molar refractivity (Wildman–Crippen MR) is 81.5 cm³/mol. The SMILES string of the molecule is COC(C(=O)O)[C@@H](NC(=O)c1ccccc1)c1ccccc1. The second-order valence-corrected chi connectivity index (χ2v) is 4.72. The van der Waals surface area contributed by atoms with Crippen LogP contribution in [0.2, 0.25) is 0 Å². The van der Waals surface area contributed by atoms with E-state index in [-0.39, 0.29) is 5.91 Å². The maximum atomic E-state index is 12.3. The molecule has 1 unspecified atom stereocenters. The molecule has 0 spiro atoms. The number of carboxylic acids is 1. The van der Waals surface area contributed by atoms with E-state index in [1.54, 1.807) is 54.6 Å². The highest BCUT2D eigenvalue weighted by atomic mass is 16.5. The molecule has 114 valence electrons. The Hall–Kier alpha value is -2.66. The lowest BCUT2D eigenvalue weighted by Gasteiger charge is -2.24. The number of ether oxygens (including phenoxy) is 1. The fourth-order valence-electron chi connectivity index (χ4n) is 2.19. The normalized spacial score (nSPS) is 13.1. The lowest BCUT2D eigenvalue weighted by Crippen LogP contribution is -2.41. The predicted octanol–water partition coefficient (Wildman–Crippen LogP) is 2.26. The van der Waals surface area contributed by atoms with Crippen molar-refractivity contribution in [1.29, 1.82) is 0 Å². The van der Waals surface area contributed by atoms with Crippen molar-refractivity contribution in [3.63, 3.8) is 0 Å². The molecular formula is C17H17NO4. The molecule has 0 aliphatic carbocycles.